The molecular weight excluding hydrogens is 274 g/mol. The summed E-state index contributed by atoms with van der Waals surface area (Å²) in [6.07, 6.45) is 3.69. The first kappa shape index (κ1) is 12.9. The zero-order valence-corrected chi connectivity index (χ0v) is 10.8. The zero-order valence-electron chi connectivity index (χ0n) is 10.8. The van der Waals surface area contributed by atoms with E-state index in [2.05, 4.69) is 20.5 Å². The highest BCUT2D eigenvalue weighted by molar-refractivity contribution is 5.93. The number of hydrogen-bond donors (Lipinski definition) is 3. The molecule has 3 N–H and O–H groups in total. The third-order valence-electron chi connectivity index (χ3n) is 2.83. The van der Waals surface area contributed by atoms with E-state index in [-0.39, 0.29) is 23.8 Å². The number of carbonyl (C=O) groups excluding carboxylic acids is 1. The van der Waals surface area contributed by atoms with Crippen molar-refractivity contribution in [2.45, 2.75) is 6.42 Å². The van der Waals surface area contributed by atoms with Crippen LogP contribution in [0.3, 0.4) is 0 Å². The fraction of sp³-hybridized carbons (Fsp3) is 0.0769. The van der Waals surface area contributed by atoms with Gasteiger partial charge >= 0.3 is 5.97 Å². The monoisotopic (exact) mass is 285 g/mol. The van der Waals surface area contributed by atoms with Gasteiger partial charge in [0.1, 0.15) is 11.3 Å². The predicted molar refractivity (Wildman–Crippen MR) is 73.1 cm³/mol. The molecule has 0 atom stereocenters. The van der Waals surface area contributed by atoms with E-state index in [1.54, 1.807) is 6.20 Å². The van der Waals surface area contributed by atoms with Crippen molar-refractivity contribution in [2.75, 3.05) is 5.32 Å². The summed E-state index contributed by atoms with van der Waals surface area (Å²) in [5.74, 6) is -1.29. The molecular formula is C13H11N5O3. The second kappa shape index (κ2) is 5.08. The van der Waals surface area contributed by atoms with E-state index in [0.717, 1.165) is 5.65 Å². The van der Waals surface area contributed by atoms with Gasteiger partial charge in [-0.3, -0.25) is 9.89 Å². The van der Waals surface area contributed by atoms with Crippen molar-refractivity contribution in [1.82, 2.24) is 19.6 Å². The highest BCUT2D eigenvalue weighted by atomic mass is 16.4. The number of nitrogens with one attached hydrogen (secondary N) is 2. The minimum Gasteiger partial charge on any atom is -0.477 e. The fourth-order valence-corrected chi connectivity index (χ4v) is 1.92. The number of fused-ring (bicyclic) bond motifs is 1. The molecule has 0 spiro atoms. The first-order valence-electron chi connectivity index (χ1n) is 6.13. The number of hydrogen-bond acceptors (Lipinski definition) is 4. The molecule has 0 saturated heterocycles. The number of pyridine rings is 1. The van der Waals surface area contributed by atoms with Crippen LogP contribution in [0.2, 0.25) is 0 Å². The van der Waals surface area contributed by atoms with Crippen LogP contribution in [0.15, 0.2) is 36.7 Å². The van der Waals surface area contributed by atoms with Crippen molar-refractivity contribution in [2.24, 2.45) is 0 Å². The highest BCUT2D eigenvalue weighted by Gasteiger charge is 2.12. The lowest BCUT2D eigenvalue weighted by atomic mass is 10.3. The Kier molecular flexibility index (Phi) is 3.11. The smallest absolute Gasteiger partial charge is 0.353 e. The van der Waals surface area contributed by atoms with Gasteiger partial charge in [0.05, 0.1) is 12.1 Å². The first-order chi connectivity index (χ1) is 10.1. The summed E-state index contributed by atoms with van der Waals surface area (Å²) in [5.41, 5.74) is 1.29. The van der Waals surface area contributed by atoms with E-state index in [4.69, 9.17) is 5.11 Å². The van der Waals surface area contributed by atoms with Gasteiger partial charge < -0.3 is 14.8 Å². The van der Waals surface area contributed by atoms with Crippen LogP contribution < -0.4 is 5.32 Å². The van der Waals surface area contributed by atoms with Crippen molar-refractivity contribution in [1.29, 1.82) is 0 Å². The summed E-state index contributed by atoms with van der Waals surface area (Å²) >= 11 is 0. The second-order valence-electron chi connectivity index (χ2n) is 4.40. The molecule has 3 rings (SSSR count). The number of rotatable bonds is 4. The minimum absolute atomic E-state index is 0.0803. The lowest BCUT2D eigenvalue weighted by molar-refractivity contribution is -0.115. The molecule has 8 heteroatoms. The van der Waals surface area contributed by atoms with Gasteiger partial charge in [-0.1, -0.05) is 6.07 Å². The van der Waals surface area contributed by atoms with Crippen LogP contribution in [0.1, 0.15) is 16.2 Å². The molecule has 0 aliphatic carbocycles. The van der Waals surface area contributed by atoms with Gasteiger partial charge in [-0.2, -0.15) is 5.10 Å². The summed E-state index contributed by atoms with van der Waals surface area (Å²) in [7, 11) is 0. The van der Waals surface area contributed by atoms with Crippen LogP contribution in [0, 0.1) is 0 Å². The second-order valence-corrected chi connectivity index (χ2v) is 4.40. The zero-order chi connectivity index (χ0) is 14.8. The molecule has 3 aromatic heterocycles. The van der Waals surface area contributed by atoms with Gasteiger partial charge in [0.25, 0.3) is 0 Å². The molecule has 1 amide bonds. The standard InChI is InChI=1S/C13H11N5O3/c19-12(15-10-6-9(13(20)21)16-17-10)5-8-7-18-4-2-1-3-11(18)14-8/h1-4,6-7H,5H2,(H,20,21)(H2,15,16,17,19). The molecule has 106 valence electrons. The number of carbonyl (C=O) groups is 2. The molecule has 0 aromatic carbocycles. The largest absolute Gasteiger partial charge is 0.477 e. The first-order valence-corrected chi connectivity index (χ1v) is 6.13. The Morgan fingerprint density at radius 2 is 2.24 bits per heavy atom. The number of aromatic carboxylic acids is 1. The Morgan fingerprint density at radius 3 is 2.95 bits per heavy atom. The molecule has 3 aromatic rings. The lowest BCUT2D eigenvalue weighted by Crippen LogP contribution is -2.14. The number of carboxylic acid groups (broad SMARTS) is 1. The normalized spacial score (nSPS) is 10.7. The Labute approximate surface area is 118 Å². The van der Waals surface area contributed by atoms with Crippen LogP contribution in [0.5, 0.6) is 0 Å². The van der Waals surface area contributed by atoms with Crippen LogP contribution in [-0.2, 0) is 11.2 Å². The van der Waals surface area contributed by atoms with E-state index in [0.29, 0.717) is 5.69 Å². The average Bonchev–Trinajstić information content (AvgIpc) is 3.04. The Balaban J connectivity index is 1.69. The third-order valence-corrected chi connectivity index (χ3v) is 2.83. The molecule has 0 fully saturated rings. The van der Waals surface area contributed by atoms with E-state index < -0.39 is 5.97 Å². The molecule has 0 aliphatic rings. The van der Waals surface area contributed by atoms with E-state index in [9.17, 15) is 9.59 Å². The molecule has 0 bridgehead atoms. The van der Waals surface area contributed by atoms with Gasteiger partial charge in [-0.15, -0.1) is 0 Å². The summed E-state index contributed by atoms with van der Waals surface area (Å²) < 4.78 is 1.82. The van der Waals surface area contributed by atoms with Crippen molar-refractivity contribution < 1.29 is 14.7 Å². The van der Waals surface area contributed by atoms with E-state index in [1.807, 2.05) is 28.8 Å². The molecule has 0 unspecified atom stereocenters. The summed E-state index contributed by atoms with van der Waals surface area (Å²) in [6, 6.07) is 6.83. The molecule has 21 heavy (non-hydrogen) atoms. The van der Waals surface area contributed by atoms with Crippen molar-refractivity contribution in [3.8, 4) is 0 Å². The maximum atomic E-state index is 11.9. The Bertz CT molecular complexity index is 787. The van der Waals surface area contributed by atoms with Crippen molar-refractivity contribution in [3.05, 3.63) is 48.0 Å². The fourth-order valence-electron chi connectivity index (χ4n) is 1.92. The lowest BCUT2D eigenvalue weighted by Gasteiger charge is -1.98. The van der Waals surface area contributed by atoms with Crippen LogP contribution >= 0.6 is 0 Å². The highest BCUT2D eigenvalue weighted by Crippen LogP contribution is 2.08. The predicted octanol–water partition coefficient (Wildman–Crippen LogP) is 0.937. The number of anilines is 1. The number of imidazole rings is 1. The molecule has 0 saturated carbocycles. The molecule has 3 heterocycles. The number of aromatic nitrogens is 4. The summed E-state index contributed by atoms with van der Waals surface area (Å²) in [5, 5.41) is 17.3. The number of carboxylic acids is 1. The van der Waals surface area contributed by atoms with Crippen molar-refractivity contribution in [3.63, 3.8) is 0 Å². The van der Waals surface area contributed by atoms with Crippen LogP contribution in [-0.4, -0.2) is 36.6 Å². The minimum atomic E-state index is -1.14. The Morgan fingerprint density at radius 1 is 1.38 bits per heavy atom. The van der Waals surface area contributed by atoms with E-state index >= 15 is 0 Å². The number of nitrogens with zero attached hydrogens (tertiary/aromatic N) is 3. The number of amides is 1. The quantitative estimate of drug-likeness (QED) is 0.660. The van der Waals surface area contributed by atoms with Gasteiger partial charge in [-0.25, -0.2) is 9.78 Å². The number of aromatic amines is 1. The Hall–Kier alpha value is -3.16. The van der Waals surface area contributed by atoms with Gasteiger partial charge in [0.15, 0.2) is 5.82 Å². The number of H-pyrrole nitrogens is 1. The summed E-state index contributed by atoms with van der Waals surface area (Å²) in [6.45, 7) is 0. The maximum Gasteiger partial charge on any atom is 0.353 e. The van der Waals surface area contributed by atoms with Crippen LogP contribution in [0.25, 0.3) is 5.65 Å². The molecule has 0 aliphatic heterocycles. The van der Waals surface area contributed by atoms with Crippen molar-refractivity contribution >= 4 is 23.3 Å². The third kappa shape index (κ3) is 2.73. The SMILES string of the molecule is O=C(Cc1cn2ccccc2n1)Nc1cc(C(=O)O)[nH]n1. The molecule has 0 radical (unpaired) electrons. The summed E-state index contributed by atoms with van der Waals surface area (Å²) in [4.78, 5) is 26.9. The van der Waals surface area contributed by atoms with Crippen LogP contribution in [0.4, 0.5) is 5.82 Å². The van der Waals surface area contributed by atoms with E-state index in [1.165, 1.54) is 6.07 Å². The maximum absolute atomic E-state index is 11.9. The van der Waals surface area contributed by atoms with Gasteiger partial charge in [0, 0.05) is 18.5 Å². The topological polar surface area (TPSA) is 112 Å². The average molecular weight is 285 g/mol. The van der Waals surface area contributed by atoms with Gasteiger partial charge in [0.2, 0.25) is 5.91 Å². The molecule has 8 nitrogen and oxygen atoms in total. The van der Waals surface area contributed by atoms with Gasteiger partial charge in [-0.05, 0) is 12.1 Å².